The van der Waals surface area contributed by atoms with Crippen molar-refractivity contribution in [1.29, 1.82) is 0 Å². The van der Waals surface area contributed by atoms with Crippen molar-refractivity contribution in [2.45, 2.75) is 50.2 Å². The van der Waals surface area contributed by atoms with Crippen LogP contribution >= 0.6 is 11.3 Å². The topological polar surface area (TPSA) is 104 Å². The van der Waals surface area contributed by atoms with Crippen LogP contribution in [0, 0.1) is 0 Å². The van der Waals surface area contributed by atoms with Crippen LogP contribution in [0.25, 0.3) is 10.8 Å². The van der Waals surface area contributed by atoms with Crippen molar-refractivity contribution in [2.75, 3.05) is 40.4 Å². The summed E-state index contributed by atoms with van der Waals surface area (Å²) in [5, 5.41) is 10.5. The van der Waals surface area contributed by atoms with Crippen LogP contribution in [0.4, 0.5) is 0 Å². The van der Waals surface area contributed by atoms with Crippen molar-refractivity contribution in [3.05, 3.63) is 101 Å². The molecule has 3 amide bonds. The predicted molar refractivity (Wildman–Crippen MR) is 182 cm³/mol. The van der Waals surface area contributed by atoms with Crippen molar-refractivity contribution in [1.82, 2.24) is 25.4 Å². The molecule has 1 saturated heterocycles. The van der Waals surface area contributed by atoms with Gasteiger partial charge in [-0.3, -0.25) is 19.4 Å². The maximum absolute atomic E-state index is 14.4. The van der Waals surface area contributed by atoms with Gasteiger partial charge in [0.25, 0.3) is 0 Å². The van der Waals surface area contributed by atoms with Crippen LogP contribution in [-0.4, -0.2) is 91.0 Å². The molecule has 0 aliphatic carbocycles. The number of carbonyl (C=O) groups excluding carboxylic acids is 3. The van der Waals surface area contributed by atoms with E-state index in [0.717, 1.165) is 46.2 Å². The van der Waals surface area contributed by atoms with Crippen molar-refractivity contribution in [2.24, 2.45) is 0 Å². The largest absolute Gasteiger partial charge is 0.370 e. The van der Waals surface area contributed by atoms with Gasteiger partial charge in [0.2, 0.25) is 17.7 Å². The highest BCUT2D eigenvalue weighted by molar-refractivity contribution is 7.09. The molecule has 2 N–H and O–H groups in total. The number of nitrogens with one attached hydrogen (secondary N) is 2. The van der Waals surface area contributed by atoms with Crippen LogP contribution in [0.5, 0.6) is 0 Å². The summed E-state index contributed by atoms with van der Waals surface area (Å²) in [6.07, 6.45) is 6.90. The number of nitrogens with zero attached hydrogens (tertiary/aromatic N) is 3. The molecule has 2 aromatic heterocycles. The Morgan fingerprint density at radius 3 is 2.50 bits per heavy atom. The Kier molecular flexibility index (Phi) is 11.9. The Hall–Kier alpha value is -4.12. The third-order valence-electron chi connectivity index (χ3n) is 8.65. The molecule has 0 saturated carbocycles. The smallest absolute Gasteiger partial charge is 0.249 e. The Labute approximate surface area is 275 Å². The van der Waals surface area contributed by atoms with E-state index in [2.05, 4.69) is 21.7 Å². The van der Waals surface area contributed by atoms with E-state index >= 15 is 0 Å². The first-order valence-electron chi connectivity index (χ1n) is 15.9. The average molecular weight is 642 g/mol. The van der Waals surface area contributed by atoms with Crippen molar-refractivity contribution in [3.63, 3.8) is 0 Å². The fraction of sp³-hybridized carbons (Fsp3) is 0.389. The number of likely N-dealkylation sites (N-methyl/N-ethyl adjacent to an activating group) is 2. The normalized spacial score (nSPS) is 15.7. The lowest BCUT2D eigenvalue weighted by Gasteiger charge is -2.34. The molecule has 2 aromatic carbocycles. The van der Waals surface area contributed by atoms with Crippen LogP contribution in [-0.2, 0) is 38.4 Å². The quantitative estimate of drug-likeness (QED) is 0.204. The number of rotatable bonds is 15. The van der Waals surface area contributed by atoms with Crippen molar-refractivity contribution < 1.29 is 19.1 Å². The summed E-state index contributed by atoms with van der Waals surface area (Å²) < 4.78 is 5.79. The standard InChI is InChI=1S/C36H43N5O4S/c1-40(34(42)25-45-24-30-9-5-16-38-30)33(22-27-11-12-28-7-3-4-8-29(28)21-27)36(44)41(2)32(23-31-10-6-20-46-31)35(43)39-19-15-26-13-17-37-18-14-26/h3-4,6-8,10-14,17-18,20-21,30,32-33,38H,5,9,15-16,19,22-25H2,1-2H3,(H,39,43)/t30-,32+,33+/m0/s1. The Morgan fingerprint density at radius 1 is 0.957 bits per heavy atom. The second-order valence-electron chi connectivity index (χ2n) is 11.9. The maximum atomic E-state index is 14.4. The van der Waals surface area contributed by atoms with Gasteiger partial charge in [-0.05, 0) is 71.3 Å². The molecule has 0 radical (unpaired) electrons. The first-order valence-corrected chi connectivity index (χ1v) is 16.8. The van der Waals surface area contributed by atoms with Crippen LogP contribution in [0.1, 0.15) is 28.8 Å². The second-order valence-corrected chi connectivity index (χ2v) is 12.9. The molecule has 0 unspecified atom stereocenters. The Balaban J connectivity index is 1.34. The minimum atomic E-state index is -0.831. The molecule has 1 aliphatic heterocycles. The van der Waals surface area contributed by atoms with E-state index in [1.54, 1.807) is 37.8 Å². The van der Waals surface area contributed by atoms with E-state index in [-0.39, 0.29) is 30.4 Å². The van der Waals surface area contributed by atoms with E-state index < -0.39 is 12.1 Å². The molecule has 9 nitrogen and oxygen atoms in total. The van der Waals surface area contributed by atoms with E-state index in [1.165, 1.54) is 9.80 Å². The monoisotopic (exact) mass is 641 g/mol. The van der Waals surface area contributed by atoms with E-state index in [9.17, 15) is 14.4 Å². The number of amides is 3. The fourth-order valence-electron chi connectivity index (χ4n) is 5.85. The first kappa shape index (κ1) is 33.2. The second kappa shape index (κ2) is 16.4. The molecule has 1 aliphatic rings. The fourth-order valence-corrected chi connectivity index (χ4v) is 6.60. The van der Waals surface area contributed by atoms with Gasteiger partial charge >= 0.3 is 0 Å². The summed E-state index contributed by atoms with van der Waals surface area (Å²) in [6.45, 7) is 1.72. The first-order chi connectivity index (χ1) is 22.4. The predicted octanol–water partition coefficient (Wildman–Crippen LogP) is 3.86. The molecular formula is C36H43N5O4S. The zero-order valence-electron chi connectivity index (χ0n) is 26.6. The van der Waals surface area contributed by atoms with Gasteiger partial charge in [0.15, 0.2) is 0 Å². The minimum absolute atomic E-state index is 0.117. The summed E-state index contributed by atoms with van der Waals surface area (Å²) >= 11 is 1.55. The van der Waals surface area contributed by atoms with Gasteiger partial charge in [0, 0.05) is 56.8 Å². The third kappa shape index (κ3) is 8.99. The number of ether oxygens (including phenoxy) is 1. The average Bonchev–Trinajstić information content (AvgIpc) is 3.80. The summed E-state index contributed by atoms with van der Waals surface area (Å²) in [5.41, 5.74) is 1.99. The minimum Gasteiger partial charge on any atom is -0.370 e. The van der Waals surface area contributed by atoms with Gasteiger partial charge in [0.1, 0.15) is 18.7 Å². The number of carbonyl (C=O) groups is 3. The third-order valence-corrected chi connectivity index (χ3v) is 9.55. The van der Waals surface area contributed by atoms with Gasteiger partial charge < -0.3 is 25.2 Å². The summed E-state index contributed by atoms with van der Waals surface area (Å²) in [7, 11) is 3.32. The molecule has 46 heavy (non-hydrogen) atoms. The molecule has 5 rings (SSSR count). The van der Waals surface area contributed by atoms with Gasteiger partial charge in [0.05, 0.1) is 6.61 Å². The van der Waals surface area contributed by atoms with Crippen molar-refractivity contribution >= 4 is 39.8 Å². The molecule has 3 heterocycles. The van der Waals surface area contributed by atoms with Crippen LogP contribution in [0.2, 0.25) is 0 Å². The Bertz CT molecular complexity index is 1580. The van der Waals surface area contributed by atoms with Gasteiger partial charge in [-0.25, -0.2) is 0 Å². The highest BCUT2D eigenvalue weighted by Gasteiger charge is 2.35. The van der Waals surface area contributed by atoms with E-state index in [0.29, 0.717) is 32.4 Å². The zero-order valence-corrected chi connectivity index (χ0v) is 27.4. The molecule has 4 aromatic rings. The van der Waals surface area contributed by atoms with Crippen LogP contribution in [0.3, 0.4) is 0 Å². The molecule has 0 spiro atoms. The number of fused-ring (bicyclic) bond motifs is 1. The number of thiophene rings is 1. The highest BCUT2D eigenvalue weighted by atomic mass is 32.1. The van der Waals surface area contributed by atoms with Crippen molar-refractivity contribution in [3.8, 4) is 0 Å². The number of hydrogen-bond acceptors (Lipinski definition) is 7. The van der Waals surface area contributed by atoms with E-state index in [1.807, 2.05) is 66.0 Å². The zero-order chi connectivity index (χ0) is 32.3. The summed E-state index contributed by atoms with van der Waals surface area (Å²) in [5.74, 6) is -0.807. The maximum Gasteiger partial charge on any atom is 0.249 e. The lowest BCUT2D eigenvalue weighted by Crippen LogP contribution is -2.56. The lowest BCUT2D eigenvalue weighted by molar-refractivity contribution is -0.149. The SMILES string of the molecule is CN(C(=O)COC[C@@H]1CCCN1)[C@H](Cc1ccc2ccccc2c1)C(=O)N(C)[C@H](Cc1cccs1)C(=O)NCCc1ccncc1. The molecular weight excluding hydrogens is 598 g/mol. The van der Waals surface area contributed by atoms with Crippen LogP contribution in [0.15, 0.2) is 84.5 Å². The lowest BCUT2D eigenvalue weighted by atomic mass is 9.99. The highest BCUT2D eigenvalue weighted by Crippen LogP contribution is 2.21. The van der Waals surface area contributed by atoms with Gasteiger partial charge in [-0.15, -0.1) is 11.3 Å². The Morgan fingerprint density at radius 2 is 1.76 bits per heavy atom. The molecule has 10 heteroatoms. The summed E-state index contributed by atoms with van der Waals surface area (Å²) in [4.78, 5) is 49.6. The number of aromatic nitrogens is 1. The molecule has 242 valence electrons. The number of pyridine rings is 1. The number of hydrogen-bond donors (Lipinski definition) is 2. The van der Waals surface area contributed by atoms with Gasteiger partial charge in [-0.1, -0.05) is 48.5 Å². The number of benzene rings is 2. The molecule has 3 atom stereocenters. The summed E-state index contributed by atoms with van der Waals surface area (Å²) in [6, 6.07) is 20.6. The van der Waals surface area contributed by atoms with E-state index in [4.69, 9.17) is 4.74 Å². The van der Waals surface area contributed by atoms with Crippen LogP contribution < -0.4 is 10.6 Å². The molecule has 1 fully saturated rings. The van der Waals surface area contributed by atoms with Gasteiger partial charge in [-0.2, -0.15) is 0 Å². The molecule has 0 bridgehead atoms.